The van der Waals surface area contributed by atoms with E-state index in [2.05, 4.69) is 10.3 Å². The molecule has 4 nitrogen and oxygen atoms in total. The van der Waals surface area contributed by atoms with Gasteiger partial charge < -0.3 is 5.32 Å². The standard InChI is InChI=1S/C8H7N3O/c1-10-8(12)6-2-3-7(4-9)11-5-6/h2-3,5H,1H3,(H,10,12). The van der Waals surface area contributed by atoms with E-state index in [9.17, 15) is 4.79 Å². The van der Waals surface area contributed by atoms with E-state index in [1.165, 1.54) is 12.3 Å². The number of aromatic nitrogens is 1. The summed E-state index contributed by atoms with van der Waals surface area (Å²) in [5.41, 5.74) is 0.763. The predicted octanol–water partition coefficient (Wildman–Crippen LogP) is 0.313. The Morgan fingerprint density at radius 3 is 2.83 bits per heavy atom. The SMILES string of the molecule is CNC(=O)c1ccc(C#N)nc1. The van der Waals surface area contributed by atoms with Crippen LogP contribution in [0.3, 0.4) is 0 Å². The maximum absolute atomic E-state index is 11.0. The van der Waals surface area contributed by atoms with Crippen LogP contribution in [-0.4, -0.2) is 17.9 Å². The second-order valence-corrected chi connectivity index (χ2v) is 2.12. The van der Waals surface area contributed by atoms with Crippen molar-refractivity contribution >= 4 is 5.91 Å². The summed E-state index contributed by atoms with van der Waals surface area (Å²) < 4.78 is 0. The Balaban J connectivity index is 2.94. The van der Waals surface area contributed by atoms with E-state index in [1.807, 2.05) is 6.07 Å². The number of nitriles is 1. The van der Waals surface area contributed by atoms with Crippen molar-refractivity contribution in [3.05, 3.63) is 29.6 Å². The number of nitrogens with zero attached hydrogens (tertiary/aromatic N) is 2. The molecule has 0 aliphatic carbocycles. The molecule has 1 rings (SSSR count). The Morgan fingerprint density at radius 1 is 1.67 bits per heavy atom. The largest absolute Gasteiger partial charge is 0.355 e. The van der Waals surface area contributed by atoms with Gasteiger partial charge in [-0.1, -0.05) is 0 Å². The lowest BCUT2D eigenvalue weighted by atomic mass is 10.2. The second kappa shape index (κ2) is 3.49. The minimum atomic E-state index is -0.202. The Morgan fingerprint density at radius 2 is 2.42 bits per heavy atom. The molecule has 0 aliphatic heterocycles. The van der Waals surface area contributed by atoms with Gasteiger partial charge in [-0.15, -0.1) is 0 Å². The molecule has 0 unspecified atom stereocenters. The van der Waals surface area contributed by atoms with E-state index in [4.69, 9.17) is 5.26 Å². The smallest absolute Gasteiger partial charge is 0.252 e. The molecule has 12 heavy (non-hydrogen) atoms. The predicted molar refractivity (Wildman–Crippen MR) is 42.3 cm³/mol. The van der Waals surface area contributed by atoms with Crippen molar-refractivity contribution < 1.29 is 4.79 Å². The Kier molecular flexibility index (Phi) is 2.38. The van der Waals surface area contributed by atoms with Crippen molar-refractivity contribution in [3.63, 3.8) is 0 Å². The summed E-state index contributed by atoms with van der Waals surface area (Å²) in [5, 5.41) is 10.9. The molecule has 60 valence electrons. The summed E-state index contributed by atoms with van der Waals surface area (Å²) >= 11 is 0. The summed E-state index contributed by atoms with van der Waals surface area (Å²) in [6.45, 7) is 0. The first-order chi connectivity index (χ1) is 5.77. The molecule has 0 aromatic carbocycles. The number of hydrogen-bond donors (Lipinski definition) is 1. The lowest BCUT2D eigenvalue weighted by Gasteiger charge is -1.96. The van der Waals surface area contributed by atoms with E-state index in [0.29, 0.717) is 11.3 Å². The molecule has 1 aromatic rings. The van der Waals surface area contributed by atoms with Gasteiger partial charge in [0.15, 0.2) is 0 Å². The number of nitrogens with one attached hydrogen (secondary N) is 1. The molecule has 1 amide bonds. The number of amides is 1. The first-order valence-corrected chi connectivity index (χ1v) is 3.36. The van der Waals surface area contributed by atoms with E-state index >= 15 is 0 Å². The van der Waals surface area contributed by atoms with Crippen LogP contribution < -0.4 is 5.32 Å². The fourth-order valence-electron chi connectivity index (χ4n) is 0.739. The number of carbonyl (C=O) groups is 1. The third-order valence-electron chi connectivity index (χ3n) is 1.37. The zero-order valence-electron chi connectivity index (χ0n) is 6.53. The molecule has 0 radical (unpaired) electrons. The van der Waals surface area contributed by atoms with Gasteiger partial charge in [0.2, 0.25) is 0 Å². The molecular formula is C8H7N3O. The third-order valence-corrected chi connectivity index (χ3v) is 1.37. The molecule has 0 saturated carbocycles. The number of hydrogen-bond acceptors (Lipinski definition) is 3. The summed E-state index contributed by atoms with van der Waals surface area (Å²) in [4.78, 5) is 14.7. The first kappa shape index (κ1) is 8.21. The topological polar surface area (TPSA) is 65.8 Å². The number of carbonyl (C=O) groups excluding carboxylic acids is 1. The maximum atomic E-state index is 11.0. The molecule has 1 heterocycles. The first-order valence-electron chi connectivity index (χ1n) is 3.36. The molecule has 0 saturated heterocycles. The van der Waals surface area contributed by atoms with Crippen molar-refractivity contribution in [3.8, 4) is 6.07 Å². The summed E-state index contributed by atoms with van der Waals surface area (Å²) in [6.07, 6.45) is 1.37. The van der Waals surface area contributed by atoms with Gasteiger partial charge in [-0.05, 0) is 12.1 Å². The summed E-state index contributed by atoms with van der Waals surface area (Å²) in [5.74, 6) is -0.202. The molecular weight excluding hydrogens is 154 g/mol. The van der Waals surface area contributed by atoms with E-state index in [-0.39, 0.29) is 5.91 Å². The second-order valence-electron chi connectivity index (χ2n) is 2.12. The van der Waals surface area contributed by atoms with Gasteiger partial charge in [0.25, 0.3) is 5.91 Å². The number of pyridine rings is 1. The van der Waals surface area contributed by atoms with Gasteiger partial charge >= 0.3 is 0 Å². The van der Waals surface area contributed by atoms with Crippen molar-refractivity contribution in [2.24, 2.45) is 0 Å². The van der Waals surface area contributed by atoms with Gasteiger partial charge in [-0.3, -0.25) is 4.79 Å². The van der Waals surface area contributed by atoms with Crippen molar-refractivity contribution in [2.75, 3.05) is 7.05 Å². The molecule has 1 N–H and O–H groups in total. The van der Waals surface area contributed by atoms with Crippen LogP contribution in [-0.2, 0) is 0 Å². The van der Waals surface area contributed by atoms with Crippen molar-refractivity contribution in [1.82, 2.24) is 10.3 Å². The van der Waals surface area contributed by atoms with Crippen molar-refractivity contribution in [2.45, 2.75) is 0 Å². The van der Waals surface area contributed by atoms with Crippen LogP contribution in [0.5, 0.6) is 0 Å². The van der Waals surface area contributed by atoms with Crippen LogP contribution in [0.15, 0.2) is 18.3 Å². The Bertz CT molecular complexity index is 323. The zero-order valence-corrected chi connectivity index (χ0v) is 6.53. The van der Waals surface area contributed by atoms with Gasteiger partial charge in [0.1, 0.15) is 11.8 Å². The highest BCUT2D eigenvalue weighted by atomic mass is 16.1. The molecule has 4 heteroatoms. The van der Waals surface area contributed by atoms with Gasteiger partial charge in [0, 0.05) is 13.2 Å². The van der Waals surface area contributed by atoms with Crippen LogP contribution in [0.4, 0.5) is 0 Å². The maximum Gasteiger partial charge on any atom is 0.252 e. The average molecular weight is 161 g/mol. The highest BCUT2D eigenvalue weighted by Gasteiger charge is 2.01. The number of rotatable bonds is 1. The molecule has 0 spiro atoms. The van der Waals surface area contributed by atoms with Gasteiger partial charge in [-0.2, -0.15) is 5.26 Å². The highest BCUT2D eigenvalue weighted by Crippen LogP contribution is 1.98. The van der Waals surface area contributed by atoms with Crippen LogP contribution in [0, 0.1) is 11.3 Å². The fourth-order valence-corrected chi connectivity index (χ4v) is 0.739. The molecule has 0 bridgehead atoms. The molecule has 1 aromatic heterocycles. The molecule has 0 atom stereocenters. The van der Waals surface area contributed by atoms with Gasteiger partial charge in [-0.25, -0.2) is 4.98 Å². The fraction of sp³-hybridized carbons (Fsp3) is 0.125. The van der Waals surface area contributed by atoms with E-state index in [0.717, 1.165) is 0 Å². The molecule has 0 fully saturated rings. The minimum absolute atomic E-state index is 0.202. The Labute approximate surface area is 69.8 Å². The normalized spacial score (nSPS) is 8.67. The quantitative estimate of drug-likeness (QED) is 0.644. The monoisotopic (exact) mass is 161 g/mol. The lowest BCUT2D eigenvalue weighted by Crippen LogP contribution is -2.17. The lowest BCUT2D eigenvalue weighted by molar-refractivity contribution is 0.0962. The minimum Gasteiger partial charge on any atom is -0.355 e. The third kappa shape index (κ3) is 1.58. The van der Waals surface area contributed by atoms with Crippen LogP contribution in [0.25, 0.3) is 0 Å². The zero-order chi connectivity index (χ0) is 8.97. The van der Waals surface area contributed by atoms with E-state index < -0.39 is 0 Å². The van der Waals surface area contributed by atoms with Crippen molar-refractivity contribution in [1.29, 1.82) is 5.26 Å². The highest BCUT2D eigenvalue weighted by molar-refractivity contribution is 5.93. The summed E-state index contributed by atoms with van der Waals surface area (Å²) in [7, 11) is 1.54. The average Bonchev–Trinajstić information content (AvgIpc) is 2.17. The van der Waals surface area contributed by atoms with Crippen LogP contribution >= 0.6 is 0 Å². The molecule has 0 aliphatic rings. The van der Waals surface area contributed by atoms with Crippen LogP contribution in [0.2, 0.25) is 0 Å². The van der Waals surface area contributed by atoms with Gasteiger partial charge in [0.05, 0.1) is 5.56 Å². The Hall–Kier alpha value is -1.89. The summed E-state index contributed by atoms with van der Waals surface area (Å²) in [6, 6.07) is 4.93. The van der Waals surface area contributed by atoms with Crippen LogP contribution in [0.1, 0.15) is 16.1 Å². The van der Waals surface area contributed by atoms with E-state index in [1.54, 1.807) is 13.1 Å².